The molecule has 0 fully saturated rings. The van der Waals surface area contributed by atoms with Gasteiger partial charge in [0.25, 0.3) is 0 Å². The summed E-state index contributed by atoms with van der Waals surface area (Å²) in [4.78, 5) is 20.2. The number of carbonyl (C=O) groups excluding carboxylic acids is 1. The lowest BCUT2D eigenvalue weighted by Gasteiger charge is -2.38. The van der Waals surface area contributed by atoms with Crippen LogP contribution in [-0.2, 0) is 14.6 Å². The summed E-state index contributed by atoms with van der Waals surface area (Å²) in [6.45, 7) is 11.4. The highest BCUT2D eigenvalue weighted by molar-refractivity contribution is 5.65. The number of carbonyl (C=O) groups is 1. The van der Waals surface area contributed by atoms with Crippen molar-refractivity contribution in [3.05, 3.63) is 0 Å². The first-order valence-corrected chi connectivity index (χ1v) is 4.59. The fourth-order valence-corrected chi connectivity index (χ4v) is 0.701. The van der Waals surface area contributed by atoms with E-state index in [4.69, 9.17) is 4.89 Å². The van der Waals surface area contributed by atoms with Gasteiger partial charge in [-0.25, -0.2) is 4.79 Å². The Morgan fingerprint density at radius 2 is 1.69 bits per heavy atom. The Bertz CT molecular complexity index is 183. The van der Waals surface area contributed by atoms with E-state index in [1.54, 1.807) is 0 Å². The van der Waals surface area contributed by atoms with Crippen LogP contribution >= 0.6 is 0 Å². The van der Waals surface area contributed by atoms with Crippen LogP contribution in [0.25, 0.3) is 0 Å². The lowest BCUT2D eigenvalue weighted by Crippen LogP contribution is -2.41. The van der Waals surface area contributed by atoms with Crippen molar-refractivity contribution >= 4 is 5.97 Å². The molecule has 3 heteroatoms. The Kier molecular flexibility index (Phi) is 3.91. The summed E-state index contributed by atoms with van der Waals surface area (Å²) in [6.07, 6.45) is 0.960. The second-order valence-corrected chi connectivity index (χ2v) is 4.41. The zero-order chi connectivity index (χ0) is 10.7. The van der Waals surface area contributed by atoms with Crippen molar-refractivity contribution in [1.29, 1.82) is 0 Å². The van der Waals surface area contributed by atoms with E-state index in [2.05, 4.69) is 25.7 Å². The van der Waals surface area contributed by atoms with Gasteiger partial charge >= 0.3 is 5.97 Å². The largest absolute Gasteiger partial charge is 0.339 e. The average molecular weight is 188 g/mol. The van der Waals surface area contributed by atoms with E-state index in [0.717, 1.165) is 6.42 Å². The maximum Gasteiger partial charge on any atom is 0.339 e. The maximum absolute atomic E-state index is 10.6. The zero-order valence-corrected chi connectivity index (χ0v) is 9.43. The van der Waals surface area contributed by atoms with Crippen LogP contribution < -0.4 is 0 Å². The minimum atomic E-state index is -0.465. The molecule has 0 saturated carbocycles. The first kappa shape index (κ1) is 12.4. The quantitative estimate of drug-likeness (QED) is 0.502. The Balaban J connectivity index is 4.30. The van der Waals surface area contributed by atoms with Gasteiger partial charge in [0.2, 0.25) is 0 Å². The Hall–Kier alpha value is -0.570. The number of hydrogen-bond acceptors (Lipinski definition) is 3. The molecule has 0 aliphatic heterocycles. The van der Waals surface area contributed by atoms with E-state index in [0.29, 0.717) is 0 Å². The lowest BCUT2D eigenvalue weighted by atomic mass is 9.75. The molecule has 0 aromatic rings. The van der Waals surface area contributed by atoms with Crippen molar-refractivity contribution < 1.29 is 14.6 Å². The van der Waals surface area contributed by atoms with E-state index in [1.807, 2.05) is 13.8 Å². The van der Waals surface area contributed by atoms with Gasteiger partial charge in [-0.1, -0.05) is 20.8 Å². The molecule has 0 aromatic carbocycles. The SMILES string of the molecule is CCC(C)(C)C(C)(C)OOC(C)=O. The van der Waals surface area contributed by atoms with E-state index in [1.165, 1.54) is 6.92 Å². The highest BCUT2D eigenvalue weighted by atomic mass is 17.2. The van der Waals surface area contributed by atoms with Gasteiger partial charge in [-0.05, 0) is 25.7 Å². The van der Waals surface area contributed by atoms with Crippen LogP contribution in [-0.4, -0.2) is 11.6 Å². The van der Waals surface area contributed by atoms with Crippen LogP contribution in [0.4, 0.5) is 0 Å². The van der Waals surface area contributed by atoms with Crippen LogP contribution in [0.3, 0.4) is 0 Å². The molecule has 0 spiro atoms. The molecule has 0 aromatic heterocycles. The number of rotatable bonds is 4. The Labute approximate surface area is 80.3 Å². The third-order valence-corrected chi connectivity index (χ3v) is 2.88. The molecule has 0 unspecified atom stereocenters. The molecular weight excluding hydrogens is 168 g/mol. The normalized spacial score (nSPS) is 12.8. The van der Waals surface area contributed by atoms with Crippen molar-refractivity contribution in [2.24, 2.45) is 5.41 Å². The van der Waals surface area contributed by atoms with Crippen LogP contribution in [0.15, 0.2) is 0 Å². The summed E-state index contributed by atoms with van der Waals surface area (Å²) in [5, 5.41) is 0. The van der Waals surface area contributed by atoms with Gasteiger partial charge in [0.15, 0.2) is 0 Å². The van der Waals surface area contributed by atoms with Gasteiger partial charge in [0.1, 0.15) is 5.60 Å². The molecule has 0 saturated heterocycles. The van der Waals surface area contributed by atoms with E-state index >= 15 is 0 Å². The summed E-state index contributed by atoms with van der Waals surface area (Å²) in [6, 6.07) is 0. The lowest BCUT2D eigenvalue weighted by molar-refractivity contribution is -0.346. The molecule has 0 atom stereocenters. The van der Waals surface area contributed by atoms with Gasteiger partial charge in [0, 0.05) is 6.92 Å². The van der Waals surface area contributed by atoms with Gasteiger partial charge in [-0.2, -0.15) is 4.89 Å². The number of hydrogen-bond donors (Lipinski definition) is 0. The molecule has 0 amide bonds. The van der Waals surface area contributed by atoms with Crippen LogP contribution in [0.2, 0.25) is 0 Å². The average Bonchev–Trinajstić information content (AvgIpc) is 2.01. The third-order valence-electron chi connectivity index (χ3n) is 2.88. The smallest absolute Gasteiger partial charge is 0.298 e. The van der Waals surface area contributed by atoms with Crippen molar-refractivity contribution in [3.8, 4) is 0 Å². The van der Waals surface area contributed by atoms with Crippen LogP contribution in [0, 0.1) is 5.41 Å². The molecule has 0 N–H and O–H groups in total. The fourth-order valence-electron chi connectivity index (χ4n) is 0.701. The predicted molar refractivity (Wildman–Crippen MR) is 51.0 cm³/mol. The zero-order valence-electron chi connectivity index (χ0n) is 9.43. The molecule has 0 rings (SSSR count). The van der Waals surface area contributed by atoms with Gasteiger partial charge in [-0.3, -0.25) is 4.89 Å². The van der Waals surface area contributed by atoms with E-state index < -0.39 is 11.6 Å². The molecular formula is C10H20O3. The van der Waals surface area contributed by atoms with Crippen molar-refractivity contribution in [3.63, 3.8) is 0 Å². The Morgan fingerprint density at radius 1 is 1.23 bits per heavy atom. The highest BCUT2D eigenvalue weighted by Crippen LogP contribution is 2.36. The summed E-state index contributed by atoms with van der Waals surface area (Å²) in [5.74, 6) is -0.417. The highest BCUT2D eigenvalue weighted by Gasteiger charge is 2.38. The van der Waals surface area contributed by atoms with E-state index in [-0.39, 0.29) is 5.41 Å². The molecule has 0 aliphatic rings. The van der Waals surface area contributed by atoms with Crippen molar-refractivity contribution in [2.75, 3.05) is 0 Å². The molecule has 0 bridgehead atoms. The second kappa shape index (κ2) is 4.09. The van der Waals surface area contributed by atoms with Crippen molar-refractivity contribution in [1.82, 2.24) is 0 Å². The maximum atomic E-state index is 10.6. The molecule has 78 valence electrons. The van der Waals surface area contributed by atoms with Crippen molar-refractivity contribution in [2.45, 2.75) is 53.6 Å². The summed E-state index contributed by atoms with van der Waals surface area (Å²) in [7, 11) is 0. The summed E-state index contributed by atoms with van der Waals surface area (Å²) >= 11 is 0. The minimum Gasteiger partial charge on any atom is -0.298 e. The standard InChI is InChI=1S/C10H20O3/c1-7-9(3,4)10(5,6)13-12-8(2)11/h7H2,1-6H3. The minimum absolute atomic E-state index is 0.0253. The van der Waals surface area contributed by atoms with Gasteiger partial charge in [0.05, 0.1) is 0 Å². The summed E-state index contributed by atoms with van der Waals surface area (Å²) < 4.78 is 0. The van der Waals surface area contributed by atoms with Crippen LogP contribution in [0.5, 0.6) is 0 Å². The van der Waals surface area contributed by atoms with Crippen LogP contribution in [0.1, 0.15) is 48.0 Å². The first-order valence-electron chi connectivity index (χ1n) is 4.59. The second-order valence-electron chi connectivity index (χ2n) is 4.41. The van der Waals surface area contributed by atoms with E-state index in [9.17, 15) is 4.79 Å². The molecule has 3 nitrogen and oxygen atoms in total. The predicted octanol–water partition coefficient (Wildman–Crippen LogP) is 2.70. The topological polar surface area (TPSA) is 35.5 Å². The molecule has 0 heterocycles. The fraction of sp³-hybridized carbons (Fsp3) is 0.900. The summed E-state index contributed by atoms with van der Waals surface area (Å²) in [5.41, 5.74) is -0.490. The van der Waals surface area contributed by atoms with Gasteiger partial charge < -0.3 is 0 Å². The Morgan fingerprint density at radius 3 is 2.00 bits per heavy atom. The third kappa shape index (κ3) is 3.35. The first-order chi connectivity index (χ1) is 5.73. The monoisotopic (exact) mass is 188 g/mol. The molecule has 0 radical (unpaired) electrons. The molecule has 13 heavy (non-hydrogen) atoms. The van der Waals surface area contributed by atoms with Gasteiger partial charge in [-0.15, -0.1) is 0 Å². The molecule has 0 aliphatic carbocycles.